The van der Waals surface area contributed by atoms with Crippen LogP contribution < -0.4 is 5.32 Å². The third-order valence-electron chi connectivity index (χ3n) is 4.36. The first-order valence-electron chi connectivity index (χ1n) is 8.78. The first kappa shape index (κ1) is 19.1. The monoisotopic (exact) mass is 414 g/mol. The van der Waals surface area contributed by atoms with Gasteiger partial charge in [0, 0.05) is 28.7 Å². The molecule has 1 amide bonds. The summed E-state index contributed by atoms with van der Waals surface area (Å²) < 4.78 is 32.5. The van der Waals surface area contributed by atoms with Gasteiger partial charge >= 0.3 is 0 Å². The number of amides is 1. The predicted octanol–water partition coefficient (Wildman–Crippen LogP) is 4.47. The third-order valence-corrected chi connectivity index (χ3v) is 5.18. The molecule has 2 heterocycles. The Balaban J connectivity index is 1.38. The van der Waals surface area contributed by atoms with Gasteiger partial charge in [-0.15, -0.1) is 10.2 Å². The van der Waals surface area contributed by atoms with Gasteiger partial charge in [-0.2, -0.15) is 0 Å². The first-order valence-corrected chi connectivity index (χ1v) is 9.77. The molecule has 0 radical (unpaired) electrons. The normalized spacial score (nSPS) is 12.2. The minimum Gasteiger partial charge on any atom is -0.411 e. The minimum absolute atomic E-state index is 0.0165. The van der Waals surface area contributed by atoms with Crippen LogP contribution in [0.1, 0.15) is 18.5 Å². The van der Waals surface area contributed by atoms with Crippen molar-refractivity contribution < 1.29 is 18.0 Å². The van der Waals surface area contributed by atoms with Crippen LogP contribution in [0.2, 0.25) is 0 Å². The van der Waals surface area contributed by atoms with Crippen molar-refractivity contribution in [2.24, 2.45) is 0 Å². The van der Waals surface area contributed by atoms with Gasteiger partial charge in [-0.3, -0.25) is 4.79 Å². The number of aromatic amines is 1. The third kappa shape index (κ3) is 4.14. The number of H-pyrrole nitrogens is 1. The number of thioether (sulfide) groups is 1. The summed E-state index contributed by atoms with van der Waals surface area (Å²) in [7, 11) is 0. The molecule has 2 aromatic heterocycles. The molecular weight excluding hydrogens is 398 g/mol. The molecule has 4 rings (SSSR count). The van der Waals surface area contributed by atoms with E-state index in [0.717, 1.165) is 40.4 Å². The molecule has 0 aliphatic rings. The van der Waals surface area contributed by atoms with Crippen molar-refractivity contribution in [3.05, 3.63) is 65.9 Å². The number of carbonyl (C=O) groups excluding carboxylic acids is 1. The number of fused-ring (bicyclic) bond motifs is 1. The Morgan fingerprint density at radius 3 is 2.90 bits per heavy atom. The standard InChI is InChI=1S/C20H16F2N4O2S/c1-11(13-7-6-12(21)8-16(13)22)24-18(27)10-29-20-26-25-19(28-20)15-9-23-17-5-3-2-4-14(15)17/h2-9,11,23H,10H2,1H3,(H,24,27)/t11-/m1/s1. The van der Waals surface area contributed by atoms with E-state index in [-0.39, 0.29) is 22.4 Å². The highest BCUT2D eigenvalue weighted by Crippen LogP contribution is 2.29. The number of para-hydroxylation sites is 1. The Labute approximate surface area is 168 Å². The Hall–Kier alpha value is -3.20. The highest BCUT2D eigenvalue weighted by Gasteiger charge is 2.17. The van der Waals surface area contributed by atoms with E-state index < -0.39 is 17.7 Å². The van der Waals surface area contributed by atoms with E-state index >= 15 is 0 Å². The fraction of sp³-hybridized carbons (Fsp3) is 0.150. The van der Waals surface area contributed by atoms with Crippen molar-refractivity contribution in [1.82, 2.24) is 20.5 Å². The van der Waals surface area contributed by atoms with Gasteiger partial charge in [0.15, 0.2) is 0 Å². The Morgan fingerprint density at radius 1 is 1.24 bits per heavy atom. The zero-order valence-corrected chi connectivity index (χ0v) is 16.1. The molecule has 0 aliphatic carbocycles. The lowest BCUT2D eigenvalue weighted by Crippen LogP contribution is -2.28. The Bertz CT molecular complexity index is 1170. The van der Waals surface area contributed by atoms with E-state index in [9.17, 15) is 13.6 Å². The molecular formula is C20H16F2N4O2S. The molecule has 148 valence electrons. The Morgan fingerprint density at radius 2 is 2.07 bits per heavy atom. The van der Waals surface area contributed by atoms with Crippen molar-refractivity contribution in [3.8, 4) is 11.5 Å². The lowest BCUT2D eigenvalue weighted by atomic mass is 10.1. The molecule has 29 heavy (non-hydrogen) atoms. The summed E-state index contributed by atoms with van der Waals surface area (Å²) in [5.41, 5.74) is 1.95. The molecule has 6 nitrogen and oxygen atoms in total. The maximum Gasteiger partial charge on any atom is 0.277 e. The molecule has 1 atom stereocenters. The highest BCUT2D eigenvalue weighted by atomic mass is 32.2. The first-order chi connectivity index (χ1) is 14.0. The fourth-order valence-corrected chi connectivity index (χ4v) is 3.54. The van der Waals surface area contributed by atoms with Crippen LogP contribution in [-0.2, 0) is 4.79 Å². The lowest BCUT2D eigenvalue weighted by Gasteiger charge is -2.14. The largest absolute Gasteiger partial charge is 0.411 e. The van der Waals surface area contributed by atoms with Crippen LogP contribution in [0.25, 0.3) is 22.4 Å². The summed E-state index contributed by atoms with van der Waals surface area (Å²) in [4.78, 5) is 15.3. The predicted molar refractivity (Wildman–Crippen MR) is 105 cm³/mol. The van der Waals surface area contributed by atoms with Gasteiger partial charge in [-0.25, -0.2) is 8.78 Å². The molecule has 0 spiro atoms. The summed E-state index contributed by atoms with van der Waals surface area (Å²) in [6.07, 6.45) is 1.79. The maximum absolute atomic E-state index is 13.8. The van der Waals surface area contributed by atoms with Crippen molar-refractivity contribution >= 4 is 28.6 Å². The Kier molecular flexibility index (Phi) is 5.30. The number of aromatic nitrogens is 3. The number of nitrogens with one attached hydrogen (secondary N) is 2. The van der Waals surface area contributed by atoms with E-state index in [1.807, 2.05) is 24.3 Å². The van der Waals surface area contributed by atoms with Crippen LogP contribution in [-0.4, -0.2) is 26.8 Å². The average molecular weight is 414 g/mol. The van der Waals surface area contributed by atoms with E-state index in [1.54, 1.807) is 13.1 Å². The van der Waals surface area contributed by atoms with Crippen molar-refractivity contribution in [1.29, 1.82) is 0 Å². The van der Waals surface area contributed by atoms with Gasteiger partial charge in [0.1, 0.15) is 11.6 Å². The van der Waals surface area contributed by atoms with Gasteiger partial charge in [0.2, 0.25) is 5.91 Å². The van der Waals surface area contributed by atoms with Crippen LogP contribution in [0.15, 0.2) is 58.3 Å². The van der Waals surface area contributed by atoms with Crippen LogP contribution in [0.4, 0.5) is 8.78 Å². The van der Waals surface area contributed by atoms with Gasteiger partial charge in [0.25, 0.3) is 11.1 Å². The molecule has 9 heteroatoms. The van der Waals surface area contributed by atoms with Gasteiger partial charge < -0.3 is 14.7 Å². The SMILES string of the molecule is C[C@@H](NC(=O)CSc1nnc(-c2c[nH]c3ccccc23)o1)c1ccc(F)cc1F. The van der Waals surface area contributed by atoms with Crippen molar-refractivity contribution in [2.75, 3.05) is 5.75 Å². The van der Waals surface area contributed by atoms with Gasteiger partial charge in [-0.05, 0) is 19.1 Å². The average Bonchev–Trinajstić information content (AvgIpc) is 3.33. The molecule has 2 aromatic carbocycles. The van der Waals surface area contributed by atoms with E-state index in [2.05, 4.69) is 20.5 Å². The molecule has 0 aliphatic heterocycles. The van der Waals surface area contributed by atoms with E-state index in [4.69, 9.17) is 4.42 Å². The fourth-order valence-electron chi connectivity index (χ4n) is 2.97. The second-order valence-corrected chi connectivity index (χ2v) is 7.29. The van der Waals surface area contributed by atoms with E-state index in [0.29, 0.717) is 5.89 Å². The lowest BCUT2D eigenvalue weighted by molar-refractivity contribution is -0.119. The number of hydrogen-bond donors (Lipinski definition) is 2. The molecule has 0 saturated heterocycles. The second-order valence-electron chi connectivity index (χ2n) is 6.36. The molecule has 0 saturated carbocycles. The summed E-state index contributed by atoms with van der Waals surface area (Å²) in [5, 5.41) is 11.9. The summed E-state index contributed by atoms with van der Waals surface area (Å²) >= 11 is 1.08. The summed E-state index contributed by atoms with van der Waals surface area (Å²) in [6, 6.07) is 10.4. The number of rotatable bonds is 6. The zero-order valence-electron chi connectivity index (χ0n) is 15.3. The highest BCUT2D eigenvalue weighted by molar-refractivity contribution is 7.99. The quantitative estimate of drug-likeness (QED) is 0.455. The zero-order chi connectivity index (χ0) is 20.4. The molecule has 0 unspecified atom stereocenters. The van der Waals surface area contributed by atoms with Crippen molar-refractivity contribution in [3.63, 3.8) is 0 Å². The maximum atomic E-state index is 13.8. The number of carbonyl (C=O) groups is 1. The van der Waals surface area contributed by atoms with Crippen molar-refractivity contribution in [2.45, 2.75) is 18.2 Å². The van der Waals surface area contributed by atoms with Crippen LogP contribution >= 0.6 is 11.8 Å². The van der Waals surface area contributed by atoms with Crippen LogP contribution in [0.3, 0.4) is 0 Å². The summed E-state index contributed by atoms with van der Waals surface area (Å²) in [6.45, 7) is 1.63. The van der Waals surface area contributed by atoms with Gasteiger partial charge in [0.05, 0.1) is 17.4 Å². The topological polar surface area (TPSA) is 83.8 Å². The number of nitrogens with zero attached hydrogens (tertiary/aromatic N) is 2. The molecule has 0 fully saturated rings. The number of hydrogen-bond acceptors (Lipinski definition) is 5. The number of halogens is 2. The van der Waals surface area contributed by atoms with E-state index in [1.165, 1.54) is 6.07 Å². The number of benzene rings is 2. The second kappa shape index (κ2) is 8.04. The van der Waals surface area contributed by atoms with Crippen LogP contribution in [0, 0.1) is 11.6 Å². The smallest absolute Gasteiger partial charge is 0.277 e. The molecule has 0 bridgehead atoms. The van der Waals surface area contributed by atoms with Gasteiger partial charge in [-0.1, -0.05) is 36.0 Å². The molecule has 4 aromatic rings. The van der Waals surface area contributed by atoms with Crippen LogP contribution in [0.5, 0.6) is 0 Å². The molecule has 2 N–H and O–H groups in total. The summed E-state index contributed by atoms with van der Waals surface area (Å²) in [5.74, 6) is -1.33. The minimum atomic E-state index is -0.703.